The maximum atomic E-state index is 12.5. The third-order valence-corrected chi connectivity index (χ3v) is 14.8. The van der Waals surface area contributed by atoms with E-state index in [2.05, 4.69) is 60.0 Å². The van der Waals surface area contributed by atoms with E-state index >= 15 is 0 Å². The summed E-state index contributed by atoms with van der Waals surface area (Å²) in [7, 11) is 0. The number of aromatic nitrogens is 3. The average molecular weight is 844 g/mol. The smallest absolute Gasteiger partial charge is 0.315 e. The van der Waals surface area contributed by atoms with Crippen molar-refractivity contribution in [3.05, 3.63) is 35.2 Å². The van der Waals surface area contributed by atoms with Gasteiger partial charge in [0.1, 0.15) is 29.4 Å². The van der Waals surface area contributed by atoms with Crippen LogP contribution in [0.5, 0.6) is 11.5 Å². The molecule has 6 atom stereocenters. The molecule has 322 valence electrons. The summed E-state index contributed by atoms with van der Waals surface area (Å²) < 4.78 is 14.1. The highest BCUT2D eigenvalue weighted by Gasteiger charge is 2.48. The first-order chi connectivity index (χ1) is 27.8. The number of esters is 1. The SMILES string of the molecule is CC(C)(CCCCCCCl)c1cc(O)c2c(c1)OC(C)(C)[C@@H]1CC[C@@H](Cn3cc(COC(=O)CCCCCNC(=O)CCCC[C@@H]4SC[C@@H]5NC(=O)N[C@@H]54)nn3)C[C@@H]21. The summed E-state index contributed by atoms with van der Waals surface area (Å²) in [4.78, 5) is 36.3. The van der Waals surface area contributed by atoms with Crippen LogP contribution in [0.2, 0.25) is 0 Å². The summed E-state index contributed by atoms with van der Waals surface area (Å²) >= 11 is 7.78. The maximum absolute atomic E-state index is 12.5. The van der Waals surface area contributed by atoms with Crippen LogP contribution in [-0.4, -0.2) is 79.1 Å². The number of benzene rings is 1. The molecular weight excluding hydrogens is 776 g/mol. The molecule has 1 saturated carbocycles. The van der Waals surface area contributed by atoms with Gasteiger partial charge in [0.05, 0.1) is 18.3 Å². The zero-order chi connectivity index (χ0) is 41.3. The van der Waals surface area contributed by atoms with E-state index in [1.54, 1.807) is 0 Å². The maximum Gasteiger partial charge on any atom is 0.315 e. The predicted octanol–water partition coefficient (Wildman–Crippen LogP) is 8.27. The van der Waals surface area contributed by atoms with Crippen LogP contribution in [0.3, 0.4) is 0 Å². The lowest BCUT2D eigenvalue weighted by atomic mass is 9.63. The van der Waals surface area contributed by atoms with Crippen LogP contribution >= 0.6 is 23.4 Å². The number of hydrogen-bond acceptors (Lipinski definition) is 9. The fourth-order valence-electron chi connectivity index (χ4n) is 9.70. The quantitative estimate of drug-likeness (QED) is 0.0397. The van der Waals surface area contributed by atoms with Crippen LogP contribution in [0.15, 0.2) is 18.3 Å². The van der Waals surface area contributed by atoms with E-state index in [-0.39, 0.29) is 53.5 Å². The second-order valence-corrected chi connectivity index (χ2v) is 20.0. The fourth-order valence-corrected chi connectivity index (χ4v) is 11.4. The minimum atomic E-state index is -0.338. The first-order valence-electron chi connectivity index (χ1n) is 22.0. The van der Waals surface area contributed by atoms with Gasteiger partial charge in [0, 0.05) is 54.3 Å². The van der Waals surface area contributed by atoms with Crippen molar-refractivity contribution < 1.29 is 29.0 Å². The summed E-state index contributed by atoms with van der Waals surface area (Å²) in [5.74, 6) is 3.51. The number of hydrogen-bond donors (Lipinski definition) is 4. The number of phenolic OH excluding ortho intramolecular Hbond substituents is 1. The third-order valence-electron chi connectivity index (χ3n) is 13.1. The van der Waals surface area contributed by atoms with Crippen molar-refractivity contribution in [3.63, 3.8) is 0 Å². The van der Waals surface area contributed by atoms with E-state index in [9.17, 15) is 19.5 Å². The number of aromatic hydroxyl groups is 1. The van der Waals surface area contributed by atoms with Crippen molar-refractivity contribution in [1.82, 2.24) is 30.9 Å². The molecule has 0 radical (unpaired) electrons. The third kappa shape index (κ3) is 11.8. The Hall–Kier alpha value is -3.19. The highest BCUT2D eigenvalue weighted by atomic mass is 35.5. The summed E-state index contributed by atoms with van der Waals surface area (Å²) in [5, 5.41) is 29.6. The number of carbonyl (C=O) groups excluding carboxylic acids is 3. The molecule has 1 aliphatic carbocycles. The van der Waals surface area contributed by atoms with Crippen LogP contribution in [0.1, 0.15) is 153 Å². The van der Waals surface area contributed by atoms with E-state index in [4.69, 9.17) is 21.1 Å². The number of nitrogens with one attached hydrogen (secondary N) is 3. The summed E-state index contributed by atoms with van der Waals surface area (Å²) in [6, 6.07) is 4.56. The minimum Gasteiger partial charge on any atom is -0.508 e. The Morgan fingerprint density at radius 1 is 1.07 bits per heavy atom. The molecule has 0 bridgehead atoms. The lowest BCUT2D eigenvalue weighted by Gasteiger charge is -2.49. The van der Waals surface area contributed by atoms with E-state index in [0.29, 0.717) is 60.9 Å². The van der Waals surface area contributed by atoms with Gasteiger partial charge in [0.15, 0.2) is 0 Å². The van der Waals surface area contributed by atoms with E-state index in [1.165, 1.54) is 0 Å². The van der Waals surface area contributed by atoms with Crippen molar-refractivity contribution >= 4 is 41.3 Å². The Morgan fingerprint density at radius 2 is 1.86 bits per heavy atom. The first-order valence-corrected chi connectivity index (χ1v) is 23.5. The van der Waals surface area contributed by atoms with Gasteiger partial charge in [0.2, 0.25) is 5.91 Å². The Kier molecular flexibility index (Phi) is 15.6. The number of phenols is 1. The number of unbranched alkanes of at least 4 members (excludes halogenated alkanes) is 6. The minimum absolute atomic E-state index is 0.0634. The lowest BCUT2D eigenvalue weighted by Crippen LogP contribution is -2.47. The molecule has 58 heavy (non-hydrogen) atoms. The normalized spacial score (nSPS) is 24.5. The van der Waals surface area contributed by atoms with Gasteiger partial charge < -0.3 is 30.5 Å². The number of fused-ring (bicyclic) bond motifs is 4. The summed E-state index contributed by atoms with van der Waals surface area (Å²) in [6.07, 6.45) is 16.4. The molecule has 3 aliphatic heterocycles. The molecule has 12 nitrogen and oxygen atoms in total. The first kappa shape index (κ1) is 44.4. The Bertz CT molecular complexity index is 1700. The standard InChI is InChI=1S/C44H67ClN6O6S/c1-43(2,19-11-5-6-12-20-45)30-23-35(52)40-32-22-29(17-18-33(32)44(3,4)57-36(40)24-30)25-51-26-31(49-50-51)27-56-39(54)16-8-7-13-21-46-38(53)15-10-9-14-37-41-34(28-58-37)47-42(55)48-41/h23-24,26,29,32-34,37,41,52H,5-22,25,27-28H2,1-4H3,(H,46,53)(H2,47,48,55)/t29-,32-,33-,34+,37+,41+/m1/s1. The molecule has 2 aromatic rings. The number of alkyl halides is 1. The largest absolute Gasteiger partial charge is 0.508 e. The molecule has 6 rings (SSSR count). The second kappa shape index (κ2) is 20.4. The van der Waals surface area contributed by atoms with Crippen molar-refractivity contribution in [1.29, 1.82) is 0 Å². The Balaban J connectivity index is 0.870. The molecule has 2 saturated heterocycles. The van der Waals surface area contributed by atoms with Crippen LogP contribution in [0.25, 0.3) is 0 Å². The molecule has 0 spiro atoms. The lowest BCUT2D eigenvalue weighted by molar-refractivity contribution is -0.145. The van der Waals surface area contributed by atoms with Gasteiger partial charge in [-0.3, -0.25) is 14.3 Å². The topological polar surface area (TPSA) is 157 Å². The predicted molar refractivity (Wildman–Crippen MR) is 228 cm³/mol. The highest BCUT2D eigenvalue weighted by molar-refractivity contribution is 8.00. The van der Waals surface area contributed by atoms with Gasteiger partial charge in [-0.1, -0.05) is 51.2 Å². The second-order valence-electron chi connectivity index (χ2n) is 18.4. The van der Waals surface area contributed by atoms with Crippen LogP contribution < -0.4 is 20.7 Å². The molecule has 1 aromatic heterocycles. The molecule has 0 unspecified atom stereocenters. The van der Waals surface area contributed by atoms with Crippen molar-refractivity contribution in [2.45, 2.75) is 178 Å². The molecule has 1 aromatic carbocycles. The van der Waals surface area contributed by atoms with Crippen LogP contribution in [-0.2, 0) is 32.9 Å². The Labute approximate surface area is 354 Å². The van der Waals surface area contributed by atoms with Gasteiger partial charge >= 0.3 is 12.0 Å². The van der Waals surface area contributed by atoms with Gasteiger partial charge in [0.25, 0.3) is 0 Å². The van der Waals surface area contributed by atoms with Crippen molar-refractivity contribution in [3.8, 4) is 11.5 Å². The summed E-state index contributed by atoms with van der Waals surface area (Å²) in [6.45, 7) is 10.3. The molecule has 4 aliphatic rings. The van der Waals surface area contributed by atoms with E-state index in [0.717, 1.165) is 112 Å². The van der Waals surface area contributed by atoms with Gasteiger partial charge in [-0.25, -0.2) is 4.79 Å². The number of carbonyl (C=O) groups is 3. The average Bonchev–Trinajstić information content (AvgIpc) is 3.89. The summed E-state index contributed by atoms with van der Waals surface area (Å²) in [5.41, 5.74) is 2.28. The molecule has 3 amide bonds. The van der Waals surface area contributed by atoms with Gasteiger partial charge in [-0.05, 0) is 107 Å². The van der Waals surface area contributed by atoms with Crippen molar-refractivity contribution in [2.75, 3.05) is 18.2 Å². The highest BCUT2D eigenvalue weighted by Crippen LogP contribution is 2.56. The number of urea groups is 1. The molecule has 4 N–H and O–H groups in total. The number of nitrogens with zero attached hydrogens (tertiary/aromatic N) is 3. The zero-order valence-electron chi connectivity index (χ0n) is 35.2. The van der Waals surface area contributed by atoms with Gasteiger partial charge in [-0.2, -0.15) is 11.8 Å². The number of amides is 3. The zero-order valence-corrected chi connectivity index (χ0v) is 36.7. The van der Waals surface area contributed by atoms with Crippen molar-refractivity contribution in [2.24, 2.45) is 11.8 Å². The number of halogens is 1. The number of thioether (sulfide) groups is 1. The van der Waals surface area contributed by atoms with Crippen LogP contribution in [0, 0.1) is 11.8 Å². The monoisotopic (exact) mass is 842 g/mol. The van der Waals surface area contributed by atoms with E-state index < -0.39 is 0 Å². The Morgan fingerprint density at radius 3 is 2.69 bits per heavy atom. The molecule has 14 heteroatoms. The fraction of sp³-hybridized carbons (Fsp3) is 0.750. The molecule has 3 fully saturated rings. The molecular formula is C44H67ClN6O6S. The number of rotatable bonds is 22. The molecule has 4 heterocycles. The number of ether oxygens (including phenoxy) is 2. The van der Waals surface area contributed by atoms with Crippen LogP contribution in [0.4, 0.5) is 4.79 Å². The van der Waals surface area contributed by atoms with E-state index in [1.807, 2.05) is 28.7 Å². The van der Waals surface area contributed by atoms with Gasteiger partial charge in [-0.15, -0.1) is 16.7 Å².